The van der Waals surface area contributed by atoms with E-state index in [0.29, 0.717) is 17.4 Å². The molecule has 0 radical (unpaired) electrons. The second-order valence-electron chi connectivity index (χ2n) is 5.49. The largest absolute Gasteiger partial charge is 0.494 e. The van der Waals surface area contributed by atoms with Crippen molar-refractivity contribution in [1.29, 1.82) is 0 Å². The number of likely N-dealkylation sites (N-methyl/N-ethyl adjacent to an activating group) is 1. The lowest BCUT2D eigenvalue weighted by Gasteiger charge is -2.24. The molecule has 1 fully saturated rings. The normalized spacial score (nSPS) is 17.5. The zero-order valence-corrected chi connectivity index (χ0v) is 14.4. The average molecular weight is 354 g/mol. The number of carbonyl (C=O) groups excluding carboxylic acids is 3. The van der Waals surface area contributed by atoms with Crippen LogP contribution < -0.4 is 15.4 Å². The van der Waals surface area contributed by atoms with E-state index in [1.165, 1.54) is 4.90 Å². The van der Waals surface area contributed by atoms with E-state index in [0.717, 1.165) is 5.56 Å². The van der Waals surface area contributed by atoms with Crippen molar-refractivity contribution in [2.45, 2.75) is 32.4 Å². The molecule has 1 aromatic rings. The highest BCUT2D eigenvalue weighted by Gasteiger charge is 2.28. The minimum absolute atomic E-state index is 0.115. The highest BCUT2D eigenvalue weighted by Crippen LogP contribution is 2.24. The van der Waals surface area contributed by atoms with Crippen LogP contribution in [0.1, 0.15) is 25.3 Å². The summed E-state index contributed by atoms with van der Waals surface area (Å²) < 4.78 is 5.55. The molecular formula is C16H20ClN3O4. The molecule has 2 rings (SSSR count). The predicted molar refractivity (Wildman–Crippen MR) is 88.8 cm³/mol. The minimum Gasteiger partial charge on any atom is -0.494 e. The third kappa shape index (κ3) is 4.61. The number of urea groups is 1. The number of nitrogens with one attached hydrogen (secondary N) is 2. The highest BCUT2D eigenvalue weighted by molar-refractivity contribution is 6.30. The molecule has 1 saturated heterocycles. The Labute approximate surface area is 145 Å². The van der Waals surface area contributed by atoms with Gasteiger partial charge in [0.15, 0.2) is 0 Å². The number of imide groups is 1. The summed E-state index contributed by atoms with van der Waals surface area (Å²) in [6.45, 7) is 2.65. The molecule has 0 unspecified atom stereocenters. The van der Waals surface area contributed by atoms with Crippen molar-refractivity contribution in [1.82, 2.24) is 15.5 Å². The molecule has 130 valence electrons. The Balaban J connectivity index is 2.10. The summed E-state index contributed by atoms with van der Waals surface area (Å²) in [7, 11) is 1.63. The number of amides is 4. The van der Waals surface area contributed by atoms with Crippen molar-refractivity contribution < 1.29 is 19.1 Å². The van der Waals surface area contributed by atoms with Crippen LogP contribution in [0, 0.1) is 0 Å². The molecule has 0 saturated carbocycles. The molecule has 1 aromatic carbocycles. The molecule has 0 spiro atoms. The number of nitrogens with zero attached hydrogens (tertiary/aromatic N) is 1. The molecule has 0 bridgehead atoms. The lowest BCUT2D eigenvalue weighted by atomic mass is 10.1. The van der Waals surface area contributed by atoms with Crippen LogP contribution >= 0.6 is 11.6 Å². The van der Waals surface area contributed by atoms with Crippen LogP contribution in [-0.4, -0.2) is 42.4 Å². The Morgan fingerprint density at radius 3 is 2.88 bits per heavy atom. The van der Waals surface area contributed by atoms with Gasteiger partial charge in [-0.05, 0) is 31.5 Å². The van der Waals surface area contributed by atoms with Gasteiger partial charge in [0.1, 0.15) is 11.8 Å². The molecule has 0 aromatic heterocycles. The standard InChI is InChI=1S/C16H20ClN3O4/c1-3-24-13-6-4-11(17)8-10(13)9-20(2)15(22)12-5-7-14(21)19-16(23)18-12/h4,6,8,12H,3,5,7,9H2,1-2H3,(H2,18,19,21,23)/t12-/m0/s1. The van der Waals surface area contributed by atoms with Gasteiger partial charge in [0.05, 0.1) is 6.61 Å². The van der Waals surface area contributed by atoms with E-state index in [4.69, 9.17) is 16.3 Å². The SMILES string of the molecule is CCOc1ccc(Cl)cc1CN(C)C(=O)[C@@H]1CCC(=O)NC(=O)N1. The number of hydrogen-bond donors (Lipinski definition) is 2. The van der Waals surface area contributed by atoms with Crippen LogP contribution in [0.2, 0.25) is 5.02 Å². The van der Waals surface area contributed by atoms with E-state index in [9.17, 15) is 14.4 Å². The van der Waals surface area contributed by atoms with Gasteiger partial charge in [0.25, 0.3) is 0 Å². The van der Waals surface area contributed by atoms with Crippen LogP contribution in [0.5, 0.6) is 5.75 Å². The molecule has 7 nitrogen and oxygen atoms in total. The number of ether oxygens (including phenoxy) is 1. The first-order chi connectivity index (χ1) is 11.4. The topological polar surface area (TPSA) is 87.7 Å². The van der Waals surface area contributed by atoms with Gasteiger partial charge in [0, 0.05) is 30.6 Å². The molecule has 8 heteroatoms. The quantitative estimate of drug-likeness (QED) is 0.843. The zero-order chi connectivity index (χ0) is 17.7. The summed E-state index contributed by atoms with van der Waals surface area (Å²) in [5, 5.41) is 5.21. The van der Waals surface area contributed by atoms with Crippen LogP contribution in [0.3, 0.4) is 0 Å². The zero-order valence-electron chi connectivity index (χ0n) is 13.6. The van der Waals surface area contributed by atoms with Crippen molar-refractivity contribution in [2.24, 2.45) is 0 Å². The predicted octanol–water partition coefficient (Wildman–Crippen LogP) is 1.69. The third-order valence-electron chi connectivity index (χ3n) is 3.62. The molecule has 1 aliphatic rings. The first-order valence-corrected chi connectivity index (χ1v) is 8.05. The van der Waals surface area contributed by atoms with Gasteiger partial charge in [0.2, 0.25) is 11.8 Å². The summed E-state index contributed by atoms with van der Waals surface area (Å²) in [5.74, 6) is -0.00973. The van der Waals surface area contributed by atoms with E-state index in [-0.39, 0.29) is 31.2 Å². The van der Waals surface area contributed by atoms with E-state index in [1.807, 2.05) is 6.92 Å². The second kappa shape index (κ2) is 8.01. The molecule has 0 aliphatic carbocycles. The Bertz CT molecular complexity index is 650. The summed E-state index contributed by atoms with van der Waals surface area (Å²) in [6, 6.07) is 3.83. The van der Waals surface area contributed by atoms with E-state index < -0.39 is 12.1 Å². The molecule has 4 amide bonds. The van der Waals surface area contributed by atoms with Gasteiger partial charge < -0.3 is 15.0 Å². The lowest BCUT2D eigenvalue weighted by Crippen LogP contribution is -2.48. The summed E-state index contributed by atoms with van der Waals surface area (Å²) >= 11 is 6.02. The number of benzene rings is 1. The summed E-state index contributed by atoms with van der Waals surface area (Å²) in [6.07, 6.45) is 0.374. The van der Waals surface area contributed by atoms with Crippen LogP contribution in [0.15, 0.2) is 18.2 Å². The van der Waals surface area contributed by atoms with E-state index >= 15 is 0 Å². The van der Waals surface area contributed by atoms with Gasteiger partial charge >= 0.3 is 6.03 Å². The maximum Gasteiger partial charge on any atom is 0.322 e. The Hall–Kier alpha value is -2.28. The van der Waals surface area contributed by atoms with Gasteiger partial charge in [-0.2, -0.15) is 0 Å². The van der Waals surface area contributed by atoms with Crippen molar-refractivity contribution in [3.05, 3.63) is 28.8 Å². The Morgan fingerprint density at radius 1 is 1.42 bits per heavy atom. The fourth-order valence-corrected chi connectivity index (χ4v) is 2.68. The first kappa shape index (κ1) is 18.1. The van der Waals surface area contributed by atoms with E-state index in [2.05, 4.69) is 10.6 Å². The van der Waals surface area contributed by atoms with Gasteiger partial charge in [-0.3, -0.25) is 14.9 Å². The Morgan fingerprint density at radius 2 is 2.17 bits per heavy atom. The van der Waals surface area contributed by atoms with Crippen molar-refractivity contribution in [2.75, 3.05) is 13.7 Å². The number of carbonyl (C=O) groups is 3. The lowest BCUT2D eigenvalue weighted by molar-refractivity contribution is -0.132. The minimum atomic E-state index is -0.740. The average Bonchev–Trinajstić information content (AvgIpc) is 2.69. The summed E-state index contributed by atoms with van der Waals surface area (Å²) in [4.78, 5) is 36.9. The maximum absolute atomic E-state index is 12.6. The molecule has 1 atom stereocenters. The summed E-state index contributed by atoms with van der Waals surface area (Å²) in [5.41, 5.74) is 0.773. The molecular weight excluding hydrogens is 334 g/mol. The number of hydrogen-bond acceptors (Lipinski definition) is 4. The van der Waals surface area contributed by atoms with Gasteiger partial charge in [-0.15, -0.1) is 0 Å². The van der Waals surface area contributed by atoms with Crippen molar-refractivity contribution >= 4 is 29.4 Å². The van der Waals surface area contributed by atoms with Crippen molar-refractivity contribution in [3.8, 4) is 5.75 Å². The Kier molecular flexibility index (Phi) is 6.03. The molecule has 1 heterocycles. The molecule has 1 aliphatic heterocycles. The first-order valence-electron chi connectivity index (χ1n) is 7.67. The van der Waals surface area contributed by atoms with Crippen LogP contribution in [0.4, 0.5) is 4.79 Å². The van der Waals surface area contributed by atoms with Gasteiger partial charge in [-0.1, -0.05) is 11.6 Å². The second-order valence-corrected chi connectivity index (χ2v) is 5.93. The fourth-order valence-electron chi connectivity index (χ4n) is 2.48. The monoisotopic (exact) mass is 353 g/mol. The smallest absolute Gasteiger partial charge is 0.322 e. The number of rotatable bonds is 5. The number of halogens is 1. The highest BCUT2D eigenvalue weighted by atomic mass is 35.5. The molecule has 24 heavy (non-hydrogen) atoms. The maximum atomic E-state index is 12.6. The molecule has 2 N–H and O–H groups in total. The van der Waals surface area contributed by atoms with Crippen molar-refractivity contribution in [3.63, 3.8) is 0 Å². The van der Waals surface area contributed by atoms with Crippen LogP contribution in [-0.2, 0) is 16.1 Å². The third-order valence-corrected chi connectivity index (χ3v) is 3.86. The van der Waals surface area contributed by atoms with E-state index in [1.54, 1.807) is 25.2 Å². The fraction of sp³-hybridized carbons (Fsp3) is 0.438. The van der Waals surface area contributed by atoms with Gasteiger partial charge in [-0.25, -0.2) is 4.79 Å². The van der Waals surface area contributed by atoms with Crippen LogP contribution in [0.25, 0.3) is 0 Å².